The molecule has 0 bridgehead atoms. The molecule has 0 aliphatic heterocycles. The SMILES string of the molecule is COc1cccc(CCN)c1OCc1nonc1C. The van der Waals surface area contributed by atoms with Crippen molar-refractivity contribution in [1.82, 2.24) is 10.3 Å². The van der Waals surface area contributed by atoms with E-state index in [9.17, 15) is 0 Å². The van der Waals surface area contributed by atoms with Crippen molar-refractivity contribution < 1.29 is 14.1 Å². The van der Waals surface area contributed by atoms with Crippen molar-refractivity contribution in [2.45, 2.75) is 20.0 Å². The third kappa shape index (κ3) is 3.03. The van der Waals surface area contributed by atoms with E-state index in [0.29, 0.717) is 23.7 Å². The number of para-hydroxylation sites is 1. The van der Waals surface area contributed by atoms with Gasteiger partial charge in [0, 0.05) is 0 Å². The van der Waals surface area contributed by atoms with E-state index in [4.69, 9.17) is 15.2 Å². The van der Waals surface area contributed by atoms with E-state index in [2.05, 4.69) is 14.9 Å². The van der Waals surface area contributed by atoms with Crippen LogP contribution >= 0.6 is 0 Å². The molecule has 0 radical (unpaired) electrons. The van der Waals surface area contributed by atoms with Gasteiger partial charge in [-0.25, -0.2) is 4.63 Å². The minimum Gasteiger partial charge on any atom is -0.493 e. The Morgan fingerprint density at radius 2 is 2.16 bits per heavy atom. The van der Waals surface area contributed by atoms with Gasteiger partial charge >= 0.3 is 0 Å². The molecule has 0 aliphatic rings. The van der Waals surface area contributed by atoms with Gasteiger partial charge in [-0.1, -0.05) is 22.4 Å². The van der Waals surface area contributed by atoms with Gasteiger partial charge in [-0.2, -0.15) is 0 Å². The molecule has 6 nitrogen and oxygen atoms in total. The summed E-state index contributed by atoms with van der Waals surface area (Å²) in [4.78, 5) is 0. The van der Waals surface area contributed by atoms with Gasteiger partial charge in [-0.3, -0.25) is 0 Å². The Morgan fingerprint density at radius 1 is 1.32 bits per heavy atom. The van der Waals surface area contributed by atoms with Crippen LogP contribution in [0.5, 0.6) is 11.5 Å². The fourth-order valence-electron chi connectivity index (χ4n) is 1.76. The molecule has 0 unspecified atom stereocenters. The van der Waals surface area contributed by atoms with E-state index in [1.807, 2.05) is 25.1 Å². The zero-order chi connectivity index (χ0) is 13.7. The van der Waals surface area contributed by atoms with Crippen LogP contribution in [0, 0.1) is 6.92 Å². The molecule has 0 atom stereocenters. The monoisotopic (exact) mass is 263 g/mol. The first-order valence-corrected chi connectivity index (χ1v) is 6.03. The van der Waals surface area contributed by atoms with E-state index >= 15 is 0 Å². The lowest BCUT2D eigenvalue weighted by Crippen LogP contribution is -2.07. The quantitative estimate of drug-likeness (QED) is 0.849. The minimum atomic E-state index is 0.285. The highest BCUT2D eigenvalue weighted by atomic mass is 16.6. The normalized spacial score (nSPS) is 10.5. The molecule has 6 heteroatoms. The number of methoxy groups -OCH3 is 1. The molecule has 0 amide bonds. The maximum atomic E-state index is 5.79. The Morgan fingerprint density at radius 3 is 2.79 bits per heavy atom. The van der Waals surface area contributed by atoms with Crippen molar-refractivity contribution in [3.05, 3.63) is 35.2 Å². The Bertz CT molecular complexity index is 540. The zero-order valence-corrected chi connectivity index (χ0v) is 11.0. The Hall–Kier alpha value is -2.08. The number of nitrogens with two attached hydrogens (primary N) is 1. The number of benzene rings is 1. The van der Waals surface area contributed by atoms with Crippen molar-refractivity contribution in [3.63, 3.8) is 0 Å². The average molecular weight is 263 g/mol. The van der Waals surface area contributed by atoms with Gasteiger partial charge in [0.25, 0.3) is 0 Å². The molecule has 0 saturated heterocycles. The summed E-state index contributed by atoms with van der Waals surface area (Å²) in [7, 11) is 1.61. The molecule has 0 fully saturated rings. The first-order chi connectivity index (χ1) is 9.26. The topological polar surface area (TPSA) is 83.4 Å². The third-order valence-electron chi connectivity index (χ3n) is 2.79. The van der Waals surface area contributed by atoms with Gasteiger partial charge in [-0.15, -0.1) is 0 Å². The van der Waals surface area contributed by atoms with Gasteiger partial charge in [0.2, 0.25) is 0 Å². The van der Waals surface area contributed by atoms with Gasteiger partial charge in [0.1, 0.15) is 18.0 Å². The minimum absolute atomic E-state index is 0.285. The van der Waals surface area contributed by atoms with Crippen LogP contribution < -0.4 is 15.2 Å². The van der Waals surface area contributed by atoms with Gasteiger partial charge < -0.3 is 15.2 Å². The summed E-state index contributed by atoms with van der Waals surface area (Å²) in [5.41, 5.74) is 8.00. The van der Waals surface area contributed by atoms with Crippen molar-refractivity contribution in [2.24, 2.45) is 5.73 Å². The summed E-state index contributed by atoms with van der Waals surface area (Å²) in [5, 5.41) is 7.50. The van der Waals surface area contributed by atoms with Crippen LogP contribution in [0.3, 0.4) is 0 Å². The lowest BCUT2D eigenvalue weighted by molar-refractivity contribution is 0.258. The lowest BCUT2D eigenvalue weighted by atomic mass is 10.1. The molecular weight excluding hydrogens is 246 g/mol. The highest BCUT2D eigenvalue weighted by Gasteiger charge is 2.12. The van der Waals surface area contributed by atoms with Crippen LogP contribution in [-0.2, 0) is 13.0 Å². The predicted molar refractivity (Wildman–Crippen MR) is 69.1 cm³/mol. The lowest BCUT2D eigenvalue weighted by Gasteiger charge is -2.13. The van der Waals surface area contributed by atoms with Crippen LogP contribution in [0.25, 0.3) is 0 Å². The number of hydrogen-bond acceptors (Lipinski definition) is 6. The highest BCUT2D eigenvalue weighted by molar-refractivity contribution is 5.46. The Kier molecular flexibility index (Phi) is 4.35. The van der Waals surface area contributed by atoms with E-state index in [0.717, 1.165) is 17.7 Å². The third-order valence-corrected chi connectivity index (χ3v) is 2.79. The number of ether oxygens (including phenoxy) is 2. The molecule has 0 spiro atoms. The summed E-state index contributed by atoms with van der Waals surface area (Å²) in [6, 6.07) is 5.74. The average Bonchev–Trinajstić information content (AvgIpc) is 2.83. The number of nitrogens with zero attached hydrogens (tertiary/aromatic N) is 2. The van der Waals surface area contributed by atoms with Crippen LogP contribution in [0.15, 0.2) is 22.8 Å². The van der Waals surface area contributed by atoms with Gasteiger partial charge in [0.15, 0.2) is 11.5 Å². The molecule has 1 heterocycles. The first kappa shape index (κ1) is 13.4. The van der Waals surface area contributed by atoms with Gasteiger partial charge in [-0.05, 0) is 31.5 Å². The van der Waals surface area contributed by atoms with E-state index in [1.54, 1.807) is 7.11 Å². The fraction of sp³-hybridized carbons (Fsp3) is 0.385. The molecule has 0 saturated carbocycles. The standard InChI is InChI=1S/C13H17N3O3/c1-9-11(16-19-15-9)8-18-13-10(6-7-14)4-3-5-12(13)17-2/h3-5H,6-8,14H2,1-2H3. The smallest absolute Gasteiger partial charge is 0.164 e. The van der Waals surface area contributed by atoms with E-state index < -0.39 is 0 Å². The van der Waals surface area contributed by atoms with Crippen LogP contribution in [0.4, 0.5) is 0 Å². The molecule has 0 aliphatic carbocycles. The van der Waals surface area contributed by atoms with Crippen molar-refractivity contribution in [2.75, 3.05) is 13.7 Å². The zero-order valence-electron chi connectivity index (χ0n) is 11.0. The fourth-order valence-corrected chi connectivity index (χ4v) is 1.76. The largest absolute Gasteiger partial charge is 0.493 e. The first-order valence-electron chi connectivity index (χ1n) is 6.03. The molecule has 2 rings (SSSR count). The maximum absolute atomic E-state index is 5.79. The summed E-state index contributed by atoms with van der Waals surface area (Å²) >= 11 is 0. The number of aromatic nitrogens is 2. The van der Waals surface area contributed by atoms with Crippen molar-refractivity contribution in [1.29, 1.82) is 0 Å². The second-order valence-corrected chi connectivity index (χ2v) is 4.07. The maximum Gasteiger partial charge on any atom is 0.164 e. The van der Waals surface area contributed by atoms with E-state index in [1.165, 1.54) is 0 Å². The molecular formula is C13H17N3O3. The summed E-state index contributed by atoms with van der Waals surface area (Å²) in [6.07, 6.45) is 0.725. The molecule has 2 aromatic rings. The number of rotatable bonds is 6. The highest BCUT2D eigenvalue weighted by Crippen LogP contribution is 2.32. The summed E-state index contributed by atoms with van der Waals surface area (Å²) < 4.78 is 15.7. The van der Waals surface area contributed by atoms with Crippen molar-refractivity contribution >= 4 is 0 Å². The molecule has 19 heavy (non-hydrogen) atoms. The van der Waals surface area contributed by atoms with Crippen LogP contribution in [0.1, 0.15) is 17.0 Å². The summed E-state index contributed by atoms with van der Waals surface area (Å²) in [6.45, 7) is 2.65. The van der Waals surface area contributed by atoms with Crippen molar-refractivity contribution in [3.8, 4) is 11.5 Å². The molecule has 102 valence electrons. The van der Waals surface area contributed by atoms with Crippen LogP contribution in [-0.4, -0.2) is 24.0 Å². The summed E-state index contributed by atoms with van der Waals surface area (Å²) in [5.74, 6) is 1.37. The predicted octanol–water partition coefficient (Wildman–Crippen LogP) is 1.47. The number of hydrogen-bond donors (Lipinski definition) is 1. The Labute approximate surface area is 111 Å². The van der Waals surface area contributed by atoms with Gasteiger partial charge in [0.05, 0.1) is 7.11 Å². The second kappa shape index (κ2) is 6.19. The molecule has 2 N–H and O–H groups in total. The Balaban J connectivity index is 2.20. The molecule has 1 aromatic heterocycles. The number of aryl methyl sites for hydroxylation is 1. The molecule has 1 aromatic carbocycles. The second-order valence-electron chi connectivity index (χ2n) is 4.07. The van der Waals surface area contributed by atoms with E-state index in [-0.39, 0.29) is 6.61 Å². The van der Waals surface area contributed by atoms with Crippen LogP contribution in [0.2, 0.25) is 0 Å².